The van der Waals surface area contributed by atoms with Crippen molar-refractivity contribution in [3.8, 4) is 28.1 Å². The highest BCUT2D eigenvalue weighted by Gasteiger charge is 2.32. The second kappa shape index (κ2) is 11.1. The van der Waals surface area contributed by atoms with Crippen molar-refractivity contribution in [3.63, 3.8) is 0 Å². The van der Waals surface area contributed by atoms with Crippen molar-refractivity contribution in [2.75, 3.05) is 4.90 Å². The summed E-state index contributed by atoms with van der Waals surface area (Å²) < 4.78 is 2.44. The van der Waals surface area contributed by atoms with Gasteiger partial charge in [0.1, 0.15) is 0 Å². The summed E-state index contributed by atoms with van der Waals surface area (Å²) in [5.41, 5.74) is 12.7. The molecule has 7 aromatic rings. The van der Waals surface area contributed by atoms with Gasteiger partial charge in [-0.1, -0.05) is 115 Å². The van der Waals surface area contributed by atoms with Crippen LogP contribution in [-0.2, 0) is 6.42 Å². The lowest BCUT2D eigenvalue weighted by Crippen LogP contribution is -2.29. The number of para-hydroxylation sites is 1. The predicted molar refractivity (Wildman–Crippen MR) is 194 cm³/mol. The van der Waals surface area contributed by atoms with Gasteiger partial charge in [0.15, 0.2) is 0 Å². The Bertz CT molecular complexity index is 2280. The monoisotopic (exact) mass is 590 g/mol. The number of anilines is 2. The minimum Gasteiger partial charge on any atom is -0.333 e. The molecule has 1 unspecified atom stereocenters. The number of aromatic nitrogens is 1. The Morgan fingerprint density at radius 3 is 2.15 bits per heavy atom. The van der Waals surface area contributed by atoms with E-state index in [9.17, 15) is 0 Å². The van der Waals surface area contributed by atoms with Crippen LogP contribution in [0.5, 0.6) is 0 Å². The number of benzene rings is 6. The maximum atomic E-state index is 2.54. The number of nitrogens with zero attached hydrogens (tertiary/aromatic N) is 2. The van der Waals surface area contributed by atoms with Gasteiger partial charge in [0.05, 0.1) is 22.9 Å². The average Bonchev–Trinajstić information content (AvgIpc) is 3.71. The van der Waals surface area contributed by atoms with Crippen molar-refractivity contribution in [1.82, 2.24) is 4.57 Å². The zero-order valence-corrected chi connectivity index (χ0v) is 25.7. The molecule has 0 radical (unpaired) electrons. The van der Waals surface area contributed by atoms with Gasteiger partial charge in [0.25, 0.3) is 0 Å². The molecule has 0 bridgehead atoms. The summed E-state index contributed by atoms with van der Waals surface area (Å²) in [6.45, 7) is 0. The molecule has 1 atom stereocenters. The van der Waals surface area contributed by atoms with Crippen LogP contribution in [0.25, 0.3) is 49.7 Å². The zero-order valence-electron chi connectivity index (χ0n) is 25.7. The smallest absolute Gasteiger partial charge is 0.0629 e. The normalized spacial score (nSPS) is 15.8. The number of hydrogen-bond acceptors (Lipinski definition) is 1. The van der Waals surface area contributed by atoms with Crippen LogP contribution in [0, 0.1) is 0 Å². The molecule has 2 aliphatic rings. The summed E-state index contributed by atoms with van der Waals surface area (Å²) in [6, 6.07) is 53.7. The maximum absolute atomic E-state index is 2.54. The van der Waals surface area contributed by atoms with Crippen molar-refractivity contribution in [2.45, 2.75) is 25.3 Å². The largest absolute Gasteiger partial charge is 0.333 e. The van der Waals surface area contributed by atoms with Gasteiger partial charge in [-0.2, -0.15) is 0 Å². The van der Waals surface area contributed by atoms with Crippen LogP contribution in [0.2, 0.25) is 0 Å². The molecule has 0 spiro atoms. The van der Waals surface area contributed by atoms with Crippen LogP contribution in [-0.4, -0.2) is 10.6 Å². The summed E-state index contributed by atoms with van der Waals surface area (Å²) in [5.74, 6) is 0. The molecule has 0 amide bonds. The molecule has 0 saturated heterocycles. The van der Waals surface area contributed by atoms with Crippen LogP contribution >= 0.6 is 0 Å². The summed E-state index contributed by atoms with van der Waals surface area (Å²) in [5, 5.41) is 3.74. The molecule has 2 nitrogen and oxygen atoms in total. The second-order valence-electron chi connectivity index (χ2n) is 12.5. The molecular formula is C44H34N2. The Labute approximate surface area is 270 Å². The zero-order chi connectivity index (χ0) is 30.5. The van der Waals surface area contributed by atoms with Crippen molar-refractivity contribution < 1.29 is 0 Å². The first kappa shape index (κ1) is 26.8. The summed E-state index contributed by atoms with van der Waals surface area (Å²) in [4.78, 5) is 2.54. The predicted octanol–water partition coefficient (Wildman–Crippen LogP) is 11.5. The van der Waals surface area contributed by atoms with Gasteiger partial charge in [-0.25, -0.2) is 0 Å². The van der Waals surface area contributed by atoms with E-state index >= 15 is 0 Å². The van der Waals surface area contributed by atoms with Crippen molar-refractivity contribution in [1.29, 1.82) is 0 Å². The van der Waals surface area contributed by atoms with Crippen LogP contribution in [0.1, 0.15) is 18.4 Å². The van der Waals surface area contributed by atoms with Gasteiger partial charge >= 0.3 is 0 Å². The van der Waals surface area contributed by atoms with Crippen LogP contribution < -0.4 is 4.90 Å². The number of rotatable bonds is 5. The molecule has 0 N–H and O–H groups in total. The van der Waals surface area contributed by atoms with Crippen molar-refractivity contribution in [2.24, 2.45) is 0 Å². The summed E-state index contributed by atoms with van der Waals surface area (Å²) in [7, 11) is 0. The highest BCUT2D eigenvalue weighted by atomic mass is 15.2. The van der Waals surface area contributed by atoms with Crippen molar-refractivity contribution >= 4 is 33.1 Å². The number of hydrogen-bond donors (Lipinski definition) is 0. The summed E-state index contributed by atoms with van der Waals surface area (Å²) >= 11 is 0. The second-order valence-corrected chi connectivity index (χ2v) is 12.5. The molecule has 0 saturated carbocycles. The third-order valence-corrected chi connectivity index (χ3v) is 9.72. The minimum atomic E-state index is 0.315. The molecule has 46 heavy (non-hydrogen) atoms. The third kappa shape index (κ3) is 4.49. The molecular weight excluding hydrogens is 556 g/mol. The molecule has 9 rings (SSSR count). The highest BCUT2D eigenvalue weighted by Crippen LogP contribution is 2.44. The van der Waals surface area contributed by atoms with E-state index in [0.717, 1.165) is 19.3 Å². The standard InChI is InChI=1S/C44H34N2/c1-4-14-32(15-5-1)43-29-36-27-34(23-25-40(36)45(43)38-19-8-3-9-20-38)35-24-26-41-37(28-35)30-44(33-16-6-2-7-17-33)46(41)42-22-12-18-31-13-10-11-21-39(31)42/h2-4,6-28,30,43H,1,5,29H2. The molecule has 2 heterocycles. The topological polar surface area (TPSA) is 8.17 Å². The van der Waals surface area contributed by atoms with Gasteiger partial charge < -0.3 is 9.47 Å². The Morgan fingerprint density at radius 2 is 1.30 bits per heavy atom. The quantitative estimate of drug-likeness (QED) is 0.194. The van der Waals surface area contributed by atoms with Crippen LogP contribution in [0.3, 0.4) is 0 Å². The SMILES string of the molecule is C1=CC(C2Cc3cc(-c4ccc5c(c4)cc(-c4ccccc4)n5-c4cccc5ccccc45)ccc3N2c2ccccc2)=CCC1. The van der Waals surface area contributed by atoms with Gasteiger partial charge in [0.2, 0.25) is 0 Å². The van der Waals surface area contributed by atoms with Gasteiger partial charge in [-0.3, -0.25) is 0 Å². The van der Waals surface area contributed by atoms with E-state index in [2.05, 4.69) is 173 Å². The molecule has 2 heteroatoms. The van der Waals surface area contributed by atoms with Gasteiger partial charge in [-0.15, -0.1) is 0 Å². The van der Waals surface area contributed by atoms with E-state index in [1.54, 1.807) is 0 Å². The van der Waals surface area contributed by atoms with E-state index in [0.29, 0.717) is 6.04 Å². The van der Waals surface area contributed by atoms with Gasteiger partial charge in [-0.05, 0) is 101 Å². The third-order valence-electron chi connectivity index (χ3n) is 9.72. The highest BCUT2D eigenvalue weighted by molar-refractivity contribution is 5.97. The number of allylic oxidation sites excluding steroid dienone is 2. The lowest BCUT2D eigenvalue weighted by Gasteiger charge is -2.29. The molecule has 220 valence electrons. The van der Waals surface area contributed by atoms with E-state index in [1.807, 2.05) is 0 Å². The van der Waals surface area contributed by atoms with E-state index in [-0.39, 0.29) is 0 Å². The Kier molecular flexibility index (Phi) is 6.45. The maximum Gasteiger partial charge on any atom is 0.0629 e. The Hall–Kier alpha value is -5.60. The first-order chi connectivity index (χ1) is 22.8. The van der Waals surface area contributed by atoms with Crippen LogP contribution in [0.15, 0.2) is 169 Å². The number of fused-ring (bicyclic) bond motifs is 3. The fourth-order valence-corrected chi connectivity index (χ4v) is 7.57. The fraction of sp³-hybridized carbons (Fsp3) is 0.0909. The van der Waals surface area contributed by atoms with Crippen molar-refractivity contribution in [3.05, 3.63) is 175 Å². The Balaban J connectivity index is 1.17. The lowest BCUT2D eigenvalue weighted by molar-refractivity contribution is 0.787. The van der Waals surface area contributed by atoms with E-state index in [1.165, 1.54) is 72.3 Å². The Morgan fingerprint density at radius 1 is 0.543 bits per heavy atom. The first-order valence-corrected chi connectivity index (χ1v) is 16.4. The molecule has 0 fully saturated rings. The van der Waals surface area contributed by atoms with E-state index < -0.39 is 0 Å². The molecule has 6 aromatic carbocycles. The lowest BCUT2D eigenvalue weighted by atomic mass is 9.95. The average molecular weight is 591 g/mol. The molecule has 1 aromatic heterocycles. The molecule has 1 aliphatic carbocycles. The van der Waals surface area contributed by atoms with Gasteiger partial charge in [0, 0.05) is 22.1 Å². The molecule has 1 aliphatic heterocycles. The minimum absolute atomic E-state index is 0.315. The first-order valence-electron chi connectivity index (χ1n) is 16.4. The van der Waals surface area contributed by atoms with E-state index in [4.69, 9.17) is 0 Å². The summed E-state index contributed by atoms with van der Waals surface area (Å²) in [6.07, 6.45) is 10.4. The fourth-order valence-electron chi connectivity index (χ4n) is 7.57. The van der Waals surface area contributed by atoms with Crippen LogP contribution in [0.4, 0.5) is 11.4 Å².